The van der Waals surface area contributed by atoms with Crippen LogP contribution in [-0.4, -0.2) is 37.6 Å². The molecule has 0 aliphatic heterocycles. The molecule has 29 heavy (non-hydrogen) atoms. The number of amides is 1. The van der Waals surface area contributed by atoms with Crippen LogP contribution in [0.25, 0.3) is 0 Å². The minimum Gasteiger partial charge on any atom is -0.489 e. The van der Waals surface area contributed by atoms with Crippen molar-refractivity contribution in [2.75, 3.05) is 19.6 Å². The molecule has 0 aromatic heterocycles. The lowest BCUT2D eigenvalue weighted by Gasteiger charge is -2.18. The van der Waals surface area contributed by atoms with E-state index in [1.165, 1.54) is 5.56 Å². The summed E-state index contributed by atoms with van der Waals surface area (Å²) in [6.45, 7) is 10.5. The van der Waals surface area contributed by atoms with Crippen LogP contribution < -0.4 is 20.7 Å². The number of aryl methyl sites for hydroxylation is 1. The molecule has 6 heteroatoms. The van der Waals surface area contributed by atoms with E-state index < -0.39 is 0 Å². The van der Waals surface area contributed by atoms with E-state index in [1.54, 1.807) is 0 Å². The second-order valence-electron chi connectivity index (χ2n) is 6.88. The lowest BCUT2D eigenvalue weighted by Crippen LogP contribution is -2.41. The van der Waals surface area contributed by atoms with Crippen LogP contribution in [0.3, 0.4) is 0 Å². The van der Waals surface area contributed by atoms with E-state index in [0.29, 0.717) is 25.2 Å². The van der Waals surface area contributed by atoms with Gasteiger partial charge < -0.3 is 20.7 Å². The lowest BCUT2D eigenvalue weighted by molar-refractivity contribution is 0.0955. The summed E-state index contributed by atoms with van der Waals surface area (Å²) in [7, 11) is 0. The Morgan fingerprint density at radius 3 is 2.52 bits per heavy atom. The first kappa shape index (κ1) is 22.3. The van der Waals surface area contributed by atoms with E-state index in [4.69, 9.17) is 4.74 Å². The maximum atomic E-state index is 12.0. The molecule has 0 aliphatic rings. The highest BCUT2D eigenvalue weighted by atomic mass is 16.5. The van der Waals surface area contributed by atoms with Gasteiger partial charge in [0.25, 0.3) is 5.91 Å². The number of carbonyl (C=O) groups excluding carboxylic acids is 1. The number of ether oxygens (including phenoxy) is 1. The Hall–Kier alpha value is -3.02. The number of hydrogen-bond donors (Lipinski definition) is 3. The number of nitrogens with one attached hydrogen (secondary N) is 3. The Balaban J connectivity index is 1.93. The molecule has 0 bridgehead atoms. The fraction of sp³-hybridized carbons (Fsp3) is 0.391. The summed E-state index contributed by atoms with van der Waals surface area (Å²) in [6.07, 6.45) is -0.0123. The van der Waals surface area contributed by atoms with Gasteiger partial charge in [-0.15, -0.1) is 0 Å². The van der Waals surface area contributed by atoms with Gasteiger partial charge >= 0.3 is 0 Å². The molecule has 2 rings (SSSR count). The van der Waals surface area contributed by atoms with Gasteiger partial charge in [0.05, 0.1) is 13.1 Å². The largest absolute Gasteiger partial charge is 0.489 e. The molecule has 2 aromatic rings. The molecule has 0 aliphatic carbocycles. The second kappa shape index (κ2) is 11.7. The molecule has 1 unspecified atom stereocenters. The fourth-order valence-electron chi connectivity index (χ4n) is 2.79. The van der Waals surface area contributed by atoms with Crippen molar-refractivity contribution >= 4 is 11.9 Å². The van der Waals surface area contributed by atoms with Crippen molar-refractivity contribution < 1.29 is 9.53 Å². The summed E-state index contributed by atoms with van der Waals surface area (Å²) < 4.78 is 5.96. The van der Waals surface area contributed by atoms with Crippen molar-refractivity contribution in [1.29, 1.82) is 0 Å². The zero-order valence-electron chi connectivity index (χ0n) is 17.8. The number of benzene rings is 2. The van der Waals surface area contributed by atoms with Crippen LogP contribution in [0.2, 0.25) is 0 Å². The first-order valence-corrected chi connectivity index (χ1v) is 10.1. The van der Waals surface area contributed by atoms with E-state index in [1.807, 2.05) is 76.2 Å². The Bertz CT molecular complexity index is 820. The van der Waals surface area contributed by atoms with Crippen LogP contribution in [0, 0.1) is 6.92 Å². The van der Waals surface area contributed by atoms with E-state index in [0.717, 1.165) is 23.8 Å². The van der Waals surface area contributed by atoms with Gasteiger partial charge in [0.1, 0.15) is 11.9 Å². The quantitative estimate of drug-likeness (QED) is 0.449. The normalized spacial score (nSPS) is 12.2. The van der Waals surface area contributed by atoms with Crippen LogP contribution in [0.5, 0.6) is 5.75 Å². The second-order valence-corrected chi connectivity index (χ2v) is 6.88. The summed E-state index contributed by atoms with van der Waals surface area (Å²) in [6, 6.07) is 15.6. The van der Waals surface area contributed by atoms with Crippen molar-refractivity contribution in [1.82, 2.24) is 16.0 Å². The van der Waals surface area contributed by atoms with Crippen LogP contribution in [-0.2, 0) is 6.54 Å². The third-order valence-electron chi connectivity index (χ3n) is 4.17. The van der Waals surface area contributed by atoms with Gasteiger partial charge in [-0.1, -0.05) is 24.3 Å². The Morgan fingerprint density at radius 2 is 1.79 bits per heavy atom. The molecule has 0 saturated carbocycles. The van der Waals surface area contributed by atoms with Crippen LogP contribution >= 0.6 is 0 Å². The molecule has 3 N–H and O–H groups in total. The van der Waals surface area contributed by atoms with Gasteiger partial charge in [-0.05, 0) is 63.1 Å². The lowest BCUT2D eigenvalue weighted by atomic mass is 10.1. The van der Waals surface area contributed by atoms with Crippen molar-refractivity contribution in [3.63, 3.8) is 0 Å². The van der Waals surface area contributed by atoms with Gasteiger partial charge in [-0.25, -0.2) is 4.99 Å². The summed E-state index contributed by atoms with van der Waals surface area (Å²) in [5, 5.41) is 9.38. The smallest absolute Gasteiger partial charge is 0.251 e. The third-order valence-corrected chi connectivity index (χ3v) is 4.17. The minimum atomic E-state index is -0.0644. The van der Waals surface area contributed by atoms with E-state index in [2.05, 4.69) is 20.9 Å². The first-order chi connectivity index (χ1) is 14.0. The topological polar surface area (TPSA) is 74.8 Å². The van der Waals surface area contributed by atoms with Gasteiger partial charge in [0.2, 0.25) is 0 Å². The predicted molar refractivity (Wildman–Crippen MR) is 119 cm³/mol. The van der Waals surface area contributed by atoms with E-state index >= 15 is 0 Å². The number of aliphatic imine (C=N–C) groups is 1. The highest BCUT2D eigenvalue weighted by Crippen LogP contribution is 2.14. The standard InChI is InChI=1S/C23H32N4O2/c1-5-24-22(28)20-11-8-10-19(14-20)16-27-23(25-6-2)26-15-18(4)29-21-12-7-9-17(3)13-21/h7-14,18H,5-6,15-16H2,1-4H3,(H,24,28)(H2,25,26,27). The van der Waals surface area contributed by atoms with E-state index in [-0.39, 0.29) is 12.0 Å². The van der Waals surface area contributed by atoms with Crippen LogP contribution in [0.1, 0.15) is 42.3 Å². The Kier molecular flexibility index (Phi) is 9.02. The van der Waals surface area contributed by atoms with Crippen molar-refractivity contribution in [3.8, 4) is 5.75 Å². The van der Waals surface area contributed by atoms with Crippen molar-refractivity contribution in [2.24, 2.45) is 4.99 Å². The van der Waals surface area contributed by atoms with Gasteiger partial charge in [-0.3, -0.25) is 4.79 Å². The number of nitrogens with zero attached hydrogens (tertiary/aromatic N) is 1. The maximum Gasteiger partial charge on any atom is 0.251 e. The molecule has 0 fully saturated rings. The fourth-order valence-corrected chi connectivity index (χ4v) is 2.79. The SMILES string of the molecule is CCNC(=O)c1cccc(CN=C(NCC)NCC(C)Oc2cccc(C)c2)c1. The number of guanidine groups is 1. The molecule has 0 heterocycles. The van der Waals surface area contributed by atoms with Crippen molar-refractivity contribution in [3.05, 3.63) is 65.2 Å². The minimum absolute atomic E-state index is 0.0123. The molecular formula is C23H32N4O2. The average Bonchev–Trinajstić information content (AvgIpc) is 2.70. The first-order valence-electron chi connectivity index (χ1n) is 10.1. The van der Waals surface area contributed by atoms with Gasteiger partial charge in [0.15, 0.2) is 5.96 Å². The zero-order valence-corrected chi connectivity index (χ0v) is 17.8. The Morgan fingerprint density at radius 1 is 1.03 bits per heavy atom. The summed E-state index contributed by atoms with van der Waals surface area (Å²) in [5.41, 5.74) is 2.81. The van der Waals surface area contributed by atoms with Gasteiger partial charge in [-0.2, -0.15) is 0 Å². The summed E-state index contributed by atoms with van der Waals surface area (Å²) in [5.74, 6) is 1.52. The predicted octanol–water partition coefficient (Wildman–Crippen LogP) is 3.27. The monoisotopic (exact) mass is 396 g/mol. The Labute approximate surface area is 173 Å². The van der Waals surface area contributed by atoms with Crippen molar-refractivity contribution in [2.45, 2.75) is 40.3 Å². The molecular weight excluding hydrogens is 364 g/mol. The van der Waals surface area contributed by atoms with Crippen LogP contribution in [0.15, 0.2) is 53.5 Å². The maximum absolute atomic E-state index is 12.0. The third kappa shape index (κ3) is 7.86. The average molecular weight is 397 g/mol. The number of hydrogen-bond acceptors (Lipinski definition) is 3. The highest BCUT2D eigenvalue weighted by molar-refractivity contribution is 5.94. The zero-order chi connectivity index (χ0) is 21.1. The molecule has 2 aromatic carbocycles. The summed E-state index contributed by atoms with van der Waals surface area (Å²) >= 11 is 0. The number of rotatable bonds is 9. The molecule has 1 amide bonds. The van der Waals surface area contributed by atoms with E-state index in [9.17, 15) is 4.79 Å². The highest BCUT2D eigenvalue weighted by Gasteiger charge is 2.07. The molecule has 0 saturated heterocycles. The number of carbonyl (C=O) groups is 1. The molecule has 1 atom stereocenters. The molecule has 0 radical (unpaired) electrons. The summed E-state index contributed by atoms with van der Waals surface area (Å²) in [4.78, 5) is 16.6. The molecule has 0 spiro atoms. The van der Waals surface area contributed by atoms with Crippen LogP contribution in [0.4, 0.5) is 0 Å². The molecule has 156 valence electrons. The van der Waals surface area contributed by atoms with Gasteiger partial charge in [0, 0.05) is 18.7 Å². The molecule has 6 nitrogen and oxygen atoms in total.